The van der Waals surface area contributed by atoms with Crippen LogP contribution in [0.2, 0.25) is 0 Å². The molecule has 2 aromatic carbocycles. The number of rotatable bonds is 3. The lowest BCUT2D eigenvalue weighted by Crippen LogP contribution is -2.05. The fraction of sp³-hybridized carbons (Fsp3) is 0.200. The van der Waals surface area contributed by atoms with Crippen LogP contribution in [0.1, 0.15) is 11.1 Å². The number of aromatic nitrogens is 3. The third-order valence-electron chi connectivity index (χ3n) is 3.34. The molecule has 96 valence electrons. The number of fused-ring (bicyclic) bond motifs is 1. The molecule has 0 fully saturated rings. The third kappa shape index (κ3) is 2.11. The fourth-order valence-corrected chi connectivity index (χ4v) is 2.31. The molecule has 0 aliphatic carbocycles. The highest BCUT2D eigenvalue weighted by atomic mass is 15.4. The van der Waals surface area contributed by atoms with Crippen molar-refractivity contribution < 1.29 is 0 Å². The molecule has 4 heteroatoms. The summed E-state index contributed by atoms with van der Waals surface area (Å²) < 4.78 is 1.87. The summed E-state index contributed by atoms with van der Waals surface area (Å²) >= 11 is 0. The van der Waals surface area contributed by atoms with Crippen LogP contribution in [0.4, 0.5) is 0 Å². The molecule has 0 atom stereocenters. The van der Waals surface area contributed by atoms with Crippen molar-refractivity contribution in [3.05, 3.63) is 53.6 Å². The normalized spacial score (nSPS) is 11.1. The molecule has 3 aromatic rings. The molecule has 2 N–H and O–H groups in total. The Kier molecular flexibility index (Phi) is 3.01. The Labute approximate surface area is 111 Å². The maximum atomic E-state index is 5.61. The second-order valence-electron chi connectivity index (χ2n) is 4.64. The summed E-state index contributed by atoms with van der Waals surface area (Å²) in [5.41, 5.74) is 11.1. The van der Waals surface area contributed by atoms with Crippen LogP contribution in [0.15, 0.2) is 42.5 Å². The third-order valence-corrected chi connectivity index (χ3v) is 3.34. The minimum atomic E-state index is 0.673. The summed E-state index contributed by atoms with van der Waals surface area (Å²) in [4.78, 5) is 0. The SMILES string of the molecule is Cc1cc(-n2nnc3ccccc32)ccc1CCN. The zero-order valence-electron chi connectivity index (χ0n) is 10.9. The molecule has 0 unspecified atom stereocenters. The first-order chi connectivity index (χ1) is 9.29. The van der Waals surface area contributed by atoms with Gasteiger partial charge in [-0.25, -0.2) is 4.68 Å². The quantitative estimate of drug-likeness (QED) is 0.777. The Morgan fingerprint density at radius 1 is 1.16 bits per heavy atom. The van der Waals surface area contributed by atoms with Crippen molar-refractivity contribution in [2.75, 3.05) is 6.54 Å². The van der Waals surface area contributed by atoms with Crippen LogP contribution in [0.25, 0.3) is 16.7 Å². The Balaban J connectivity index is 2.09. The maximum Gasteiger partial charge on any atom is 0.113 e. The monoisotopic (exact) mass is 252 g/mol. The highest BCUT2D eigenvalue weighted by Gasteiger charge is 2.07. The number of para-hydroxylation sites is 1. The average molecular weight is 252 g/mol. The minimum Gasteiger partial charge on any atom is -0.330 e. The molecule has 4 nitrogen and oxygen atoms in total. The molecule has 3 rings (SSSR count). The molecule has 19 heavy (non-hydrogen) atoms. The Morgan fingerprint density at radius 3 is 2.79 bits per heavy atom. The van der Waals surface area contributed by atoms with Crippen molar-refractivity contribution >= 4 is 11.0 Å². The van der Waals surface area contributed by atoms with Gasteiger partial charge in [0.05, 0.1) is 11.2 Å². The molecule has 0 aliphatic rings. The van der Waals surface area contributed by atoms with Gasteiger partial charge >= 0.3 is 0 Å². The molecule has 0 radical (unpaired) electrons. The van der Waals surface area contributed by atoms with Crippen LogP contribution in [-0.2, 0) is 6.42 Å². The first kappa shape index (κ1) is 11.9. The smallest absolute Gasteiger partial charge is 0.113 e. The predicted octanol–water partition coefficient (Wildman–Crippen LogP) is 2.23. The van der Waals surface area contributed by atoms with E-state index >= 15 is 0 Å². The van der Waals surface area contributed by atoms with E-state index in [1.165, 1.54) is 11.1 Å². The average Bonchev–Trinajstić information content (AvgIpc) is 2.85. The van der Waals surface area contributed by atoms with E-state index in [1.807, 2.05) is 28.9 Å². The zero-order chi connectivity index (χ0) is 13.2. The summed E-state index contributed by atoms with van der Waals surface area (Å²) in [5, 5.41) is 8.40. The van der Waals surface area contributed by atoms with Gasteiger partial charge in [-0.2, -0.15) is 0 Å². The van der Waals surface area contributed by atoms with Crippen LogP contribution in [-0.4, -0.2) is 21.5 Å². The van der Waals surface area contributed by atoms with Gasteiger partial charge in [-0.05, 0) is 55.3 Å². The molecule has 0 amide bonds. The number of nitrogens with two attached hydrogens (primary N) is 1. The van der Waals surface area contributed by atoms with Crippen LogP contribution >= 0.6 is 0 Å². The molecular formula is C15H16N4. The van der Waals surface area contributed by atoms with E-state index in [0.29, 0.717) is 6.54 Å². The van der Waals surface area contributed by atoms with Gasteiger partial charge in [-0.3, -0.25) is 0 Å². The highest BCUT2D eigenvalue weighted by molar-refractivity contribution is 5.75. The largest absolute Gasteiger partial charge is 0.330 e. The van der Waals surface area contributed by atoms with Gasteiger partial charge in [0.2, 0.25) is 0 Å². The number of hydrogen-bond donors (Lipinski definition) is 1. The van der Waals surface area contributed by atoms with Gasteiger partial charge in [0.25, 0.3) is 0 Å². The number of aryl methyl sites for hydroxylation is 1. The summed E-state index contributed by atoms with van der Waals surface area (Å²) in [5.74, 6) is 0. The summed E-state index contributed by atoms with van der Waals surface area (Å²) in [7, 11) is 0. The van der Waals surface area contributed by atoms with Crippen LogP contribution < -0.4 is 5.73 Å². The van der Waals surface area contributed by atoms with Crippen molar-refractivity contribution in [2.45, 2.75) is 13.3 Å². The molecule has 0 bridgehead atoms. The molecule has 1 aromatic heterocycles. The van der Waals surface area contributed by atoms with Crippen LogP contribution in [0.3, 0.4) is 0 Å². The molecule has 0 saturated carbocycles. The Morgan fingerprint density at radius 2 is 2.00 bits per heavy atom. The molecule has 0 aliphatic heterocycles. The van der Waals surface area contributed by atoms with E-state index in [9.17, 15) is 0 Å². The van der Waals surface area contributed by atoms with Crippen molar-refractivity contribution in [2.24, 2.45) is 5.73 Å². The van der Waals surface area contributed by atoms with Gasteiger partial charge in [-0.1, -0.05) is 23.4 Å². The summed E-state index contributed by atoms with van der Waals surface area (Å²) in [6.45, 7) is 2.78. The van der Waals surface area contributed by atoms with E-state index in [1.54, 1.807) is 0 Å². The van der Waals surface area contributed by atoms with Gasteiger partial charge in [0.1, 0.15) is 5.52 Å². The minimum absolute atomic E-state index is 0.673. The lowest BCUT2D eigenvalue weighted by Gasteiger charge is -2.08. The van der Waals surface area contributed by atoms with E-state index in [-0.39, 0.29) is 0 Å². The van der Waals surface area contributed by atoms with Gasteiger partial charge in [-0.15, -0.1) is 5.10 Å². The highest BCUT2D eigenvalue weighted by Crippen LogP contribution is 2.19. The first-order valence-corrected chi connectivity index (χ1v) is 6.40. The Bertz CT molecular complexity index is 715. The van der Waals surface area contributed by atoms with E-state index < -0.39 is 0 Å². The number of hydrogen-bond acceptors (Lipinski definition) is 3. The number of nitrogens with zero attached hydrogens (tertiary/aromatic N) is 3. The van der Waals surface area contributed by atoms with E-state index in [4.69, 9.17) is 5.73 Å². The van der Waals surface area contributed by atoms with E-state index in [2.05, 4.69) is 35.4 Å². The standard InChI is InChI=1S/C15H16N4/c1-11-10-13(7-6-12(11)8-9-16)19-15-5-3-2-4-14(15)17-18-19/h2-7,10H,8-9,16H2,1H3. The van der Waals surface area contributed by atoms with Crippen molar-refractivity contribution in [1.82, 2.24) is 15.0 Å². The predicted molar refractivity (Wildman–Crippen MR) is 76.4 cm³/mol. The topological polar surface area (TPSA) is 56.7 Å². The van der Waals surface area contributed by atoms with Crippen molar-refractivity contribution in [1.29, 1.82) is 0 Å². The zero-order valence-corrected chi connectivity index (χ0v) is 10.9. The van der Waals surface area contributed by atoms with Crippen molar-refractivity contribution in [3.8, 4) is 5.69 Å². The number of benzene rings is 2. The van der Waals surface area contributed by atoms with Gasteiger partial charge < -0.3 is 5.73 Å². The van der Waals surface area contributed by atoms with E-state index in [0.717, 1.165) is 23.1 Å². The second kappa shape index (κ2) is 4.82. The first-order valence-electron chi connectivity index (χ1n) is 6.40. The molecule has 0 saturated heterocycles. The lowest BCUT2D eigenvalue weighted by molar-refractivity contribution is 0.821. The van der Waals surface area contributed by atoms with Crippen LogP contribution in [0, 0.1) is 6.92 Å². The van der Waals surface area contributed by atoms with Gasteiger partial charge in [0.15, 0.2) is 0 Å². The lowest BCUT2D eigenvalue weighted by atomic mass is 10.1. The second-order valence-corrected chi connectivity index (χ2v) is 4.64. The molecule has 1 heterocycles. The summed E-state index contributed by atoms with van der Waals surface area (Å²) in [6, 6.07) is 14.3. The van der Waals surface area contributed by atoms with Crippen molar-refractivity contribution in [3.63, 3.8) is 0 Å². The maximum absolute atomic E-state index is 5.61. The van der Waals surface area contributed by atoms with Crippen LogP contribution in [0.5, 0.6) is 0 Å². The molecular weight excluding hydrogens is 236 g/mol. The van der Waals surface area contributed by atoms with Gasteiger partial charge in [0, 0.05) is 0 Å². The molecule has 0 spiro atoms. The fourth-order valence-electron chi connectivity index (χ4n) is 2.31. The summed E-state index contributed by atoms with van der Waals surface area (Å²) in [6.07, 6.45) is 0.907. The Hall–Kier alpha value is -2.20.